The minimum absolute atomic E-state index is 0.127. The summed E-state index contributed by atoms with van der Waals surface area (Å²) in [6.07, 6.45) is 1.49. The number of carbonyl (C=O) groups is 1. The number of hydrogen-bond acceptors (Lipinski definition) is 3. The molecule has 4 rings (SSSR count). The standard InChI is InChI=1S/C21H24ClN3O/c1-13-3-5-16(6-4-13)21-10-17(21)11-25(12-21)20(26)9-18(23)15-7-14(2)24-19(22)8-15/h3-8,17-18H,9-12,23H2,1-2H3. The molecular formula is C21H24ClN3O. The number of aromatic nitrogens is 1. The van der Waals surface area contributed by atoms with Crippen molar-refractivity contribution in [3.63, 3.8) is 0 Å². The molecule has 1 amide bonds. The van der Waals surface area contributed by atoms with E-state index < -0.39 is 0 Å². The molecule has 2 aromatic rings. The van der Waals surface area contributed by atoms with Crippen LogP contribution < -0.4 is 5.73 Å². The Morgan fingerprint density at radius 1 is 1.35 bits per heavy atom. The van der Waals surface area contributed by atoms with Gasteiger partial charge in [-0.1, -0.05) is 41.4 Å². The van der Waals surface area contributed by atoms with Crippen LogP contribution in [0.3, 0.4) is 0 Å². The van der Waals surface area contributed by atoms with Gasteiger partial charge in [-0.15, -0.1) is 0 Å². The van der Waals surface area contributed by atoms with E-state index in [1.54, 1.807) is 6.07 Å². The number of pyridine rings is 1. The van der Waals surface area contributed by atoms with Crippen LogP contribution in [-0.4, -0.2) is 28.9 Å². The lowest BCUT2D eigenvalue weighted by atomic mass is 9.94. The summed E-state index contributed by atoms with van der Waals surface area (Å²) in [7, 11) is 0. The van der Waals surface area contributed by atoms with Crippen molar-refractivity contribution in [2.75, 3.05) is 13.1 Å². The fourth-order valence-electron chi connectivity index (χ4n) is 4.31. The summed E-state index contributed by atoms with van der Waals surface area (Å²) in [6, 6.07) is 12.1. The molecule has 4 nitrogen and oxygen atoms in total. The van der Waals surface area contributed by atoms with Crippen LogP contribution in [-0.2, 0) is 10.2 Å². The number of amides is 1. The van der Waals surface area contributed by atoms with Crippen molar-refractivity contribution in [2.24, 2.45) is 11.7 Å². The van der Waals surface area contributed by atoms with Crippen LogP contribution in [0.4, 0.5) is 0 Å². The van der Waals surface area contributed by atoms with Crippen molar-refractivity contribution in [1.29, 1.82) is 0 Å². The highest BCUT2D eigenvalue weighted by atomic mass is 35.5. The van der Waals surface area contributed by atoms with Gasteiger partial charge in [-0.05, 0) is 49.4 Å². The number of halogens is 1. The van der Waals surface area contributed by atoms with Crippen LogP contribution in [0.15, 0.2) is 36.4 Å². The third-order valence-corrected chi connectivity index (χ3v) is 6.09. The van der Waals surface area contributed by atoms with Crippen LogP contribution in [0.2, 0.25) is 5.15 Å². The Bertz CT molecular complexity index is 831. The molecule has 2 fully saturated rings. The molecule has 1 aromatic heterocycles. The fourth-order valence-corrected chi connectivity index (χ4v) is 4.57. The largest absolute Gasteiger partial charge is 0.341 e. The lowest BCUT2D eigenvalue weighted by Crippen LogP contribution is -2.34. The summed E-state index contributed by atoms with van der Waals surface area (Å²) in [5.41, 5.74) is 10.8. The average Bonchev–Trinajstić information content (AvgIpc) is 3.15. The van der Waals surface area contributed by atoms with Crippen molar-refractivity contribution in [1.82, 2.24) is 9.88 Å². The first-order chi connectivity index (χ1) is 12.4. The van der Waals surface area contributed by atoms with Gasteiger partial charge >= 0.3 is 0 Å². The lowest BCUT2D eigenvalue weighted by Gasteiger charge is -2.23. The predicted molar refractivity (Wildman–Crippen MR) is 103 cm³/mol. The molecule has 3 atom stereocenters. The van der Waals surface area contributed by atoms with Crippen molar-refractivity contribution in [2.45, 2.75) is 38.1 Å². The quantitative estimate of drug-likeness (QED) is 0.838. The molecule has 26 heavy (non-hydrogen) atoms. The second kappa shape index (κ2) is 6.36. The van der Waals surface area contributed by atoms with Gasteiger partial charge in [-0.25, -0.2) is 4.98 Å². The maximum Gasteiger partial charge on any atom is 0.224 e. The van der Waals surface area contributed by atoms with E-state index in [0.29, 0.717) is 17.5 Å². The third-order valence-electron chi connectivity index (χ3n) is 5.89. The molecule has 1 aromatic carbocycles. The fraction of sp³-hybridized carbons (Fsp3) is 0.429. The van der Waals surface area contributed by atoms with Gasteiger partial charge in [0.05, 0.1) is 0 Å². The minimum Gasteiger partial charge on any atom is -0.341 e. The molecule has 0 bridgehead atoms. The van der Waals surface area contributed by atoms with E-state index in [1.807, 2.05) is 17.9 Å². The highest BCUT2D eigenvalue weighted by Gasteiger charge is 2.61. The zero-order valence-electron chi connectivity index (χ0n) is 15.2. The third kappa shape index (κ3) is 3.12. The number of carbonyl (C=O) groups excluding carboxylic acids is 1. The van der Waals surface area contributed by atoms with E-state index in [9.17, 15) is 4.79 Å². The number of likely N-dealkylation sites (tertiary alicyclic amines) is 1. The molecule has 2 N–H and O–H groups in total. The Balaban J connectivity index is 1.43. The van der Waals surface area contributed by atoms with E-state index in [-0.39, 0.29) is 17.4 Å². The molecule has 5 heteroatoms. The molecule has 1 saturated heterocycles. The number of nitrogens with two attached hydrogens (primary N) is 1. The normalized spacial score (nSPS) is 25.1. The molecule has 0 radical (unpaired) electrons. The van der Waals surface area contributed by atoms with Gasteiger partial charge in [-0.3, -0.25) is 4.79 Å². The second-order valence-corrected chi connectivity index (χ2v) is 8.26. The summed E-state index contributed by atoms with van der Waals surface area (Å²) in [5.74, 6) is 0.713. The molecule has 1 saturated carbocycles. The Kier molecular flexibility index (Phi) is 4.28. The van der Waals surface area contributed by atoms with Crippen molar-refractivity contribution >= 4 is 17.5 Å². The van der Waals surface area contributed by atoms with Crippen LogP contribution in [0.25, 0.3) is 0 Å². The summed E-state index contributed by atoms with van der Waals surface area (Å²) in [6.45, 7) is 5.63. The SMILES string of the molecule is Cc1ccc(C23CC2CN(C(=O)CC(N)c2cc(C)nc(Cl)c2)C3)cc1. The molecule has 136 valence electrons. The van der Waals surface area contributed by atoms with E-state index in [0.717, 1.165) is 24.3 Å². The number of aryl methyl sites for hydroxylation is 2. The second-order valence-electron chi connectivity index (χ2n) is 7.87. The number of hydrogen-bond donors (Lipinski definition) is 1. The first-order valence-electron chi connectivity index (χ1n) is 9.12. The molecule has 3 unspecified atom stereocenters. The summed E-state index contributed by atoms with van der Waals surface area (Å²) >= 11 is 6.02. The molecule has 1 aliphatic heterocycles. The van der Waals surface area contributed by atoms with Crippen LogP contribution >= 0.6 is 11.6 Å². The predicted octanol–water partition coefficient (Wildman–Crippen LogP) is 3.54. The smallest absolute Gasteiger partial charge is 0.224 e. The van der Waals surface area contributed by atoms with E-state index >= 15 is 0 Å². The summed E-state index contributed by atoms with van der Waals surface area (Å²) in [4.78, 5) is 18.9. The van der Waals surface area contributed by atoms with Gasteiger partial charge in [0.1, 0.15) is 5.15 Å². The topological polar surface area (TPSA) is 59.2 Å². The first-order valence-corrected chi connectivity index (χ1v) is 9.50. The van der Waals surface area contributed by atoms with Gasteiger partial charge < -0.3 is 10.6 Å². The van der Waals surface area contributed by atoms with Gasteiger partial charge in [-0.2, -0.15) is 0 Å². The van der Waals surface area contributed by atoms with E-state index in [2.05, 4.69) is 36.2 Å². The van der Waals surface area contributed by atoms with Gasteiger partial charge in [0, 0.05) is 36.7 Å². The van der Waals surface area contributed by atoms with Crippen LogP contribution in [0.5, 0.6) is 0 Å². The maximum atomic E-state index is 12.8. The average molecular weight is 370 g/mol. The summed E-state index contributed by atoms with van der Waals surface area (Å²) < 4.78 is 0. The minimum atomic E-state index is -0.353. The van der Waals surface area contributed by atoms with E-state index in [1.165, 1.54) is 17.5 Å². The molecule has 2 aliphatic rings. The molecule has 1 aliphatic carbocycles. The summed E-state index contributed by atoms with van der Waals surface area (Å²) in [5, 5.41) is 0.420. The number of benzene rings is 1. The molecule has 2 heterocycles. The lowest BCUT2D eigenvalue weighted by molar-refractivity contribution is -0.131. The molecule has 0 spiro atoms. The zero-order chi connectivity index (χ0) is 18.5. The Hall–Kier alpha value is -1.91. The Morgan fingerprint density at radius 2 is 2.08 bits per heavy atom. The van der Waals surface area contributed by atoms with Gasteiger partial charge in [0.15, 0.2) is 0 Å². The van der Waals surface area contributed by atoms with Gasteiger partial charge in [0.25, 0.3) is 0 Å². The Labute approximate surface area is 159 Å². The van der Waals surface area contributed by atoms with Crippen LogP contribution in [0, 0.1) is 19.8 Å². The van der Waals surface area contributed by atoms with Crippen LogP contribution in [0.1, 0.15) is 41.3 Å². The van der Waals surface area contributed by atoms with Crippen molar-refractivity contribution in [3.8, 4) is 0 Å². The molecular weight excluding hydrogens is 346 g/mol. The highest BCUT2D eigenvalue weighted by molar-refractivity contribution is 6.29. The highest BCUT2D eigenvalue weighted by Crippen LogP contribution is 2.59. The maximum absolute atomic E-state index is 12.8. The zero-order valence-corrected chi connectivity index (χ0v) is 16.0. The van der Waals surface area contributed by atoms with Gasteiger partial charge in [0.2, 0.25) is 5.91 Å². The first kappa shape index (κ1) is 17.5. The van der Waals surface area contributed by atoms with Crippen molar-refractivity contribution in [3.05, 3.63) is 63.9 Å². The Morgan fingerprint density at radius 3 is 2.77 bits per heavy atom. The monoisotopic (exact) mass is 369 g/mol. The number of piperidine rings is 1. The number of fused-ring (bicyclic) bond motifs is 1. The van der Waals surface area contributed by atoms with Crippen molar-refractivity contribution < 1.29 is 4.79 Å². The number of nitrogens with zero attached hydrogens (tertiary/aromatic N) is 2. The number of rotatable bonds is 4. The van der Waals surface area contributed by atoms with E-state index in [4.69, 9.17) is 17.3 Å².